The number of carbonyl (C=O) groups excluding carboxylic acids is 12. The fourth-order valence-corrected chi connectivity index (χ4v) is 3.85. The Morgan fingerprint density at radius 1 is 0.279 bits per heavy atom. The molecule has 0 spiro atoms. The summed E-state index contributed by atoms with van der Waals surface area (Å²) in [7, 11) is 0. The summed E-state index contributed by atoms with van der Waals surface area (Å²) >= 11 is -2.49. The van der Waals surface area contributed by atoms with Crippen LogP contribution in [0.1, 0.15) is 0 Å². The molecule has 0 aliphatic heterocycles. The van der Waals surface area contributed by atoms with Crippen molar-refractivity contribution >= 4 is 95.3 Å². The van der Waals surface area contributed by atoms with E-state index in [1.807, 2.05) is 0 Å². The molecule has 0 saturated carbocycles. The second-order valence-corrected chi connectivity index (χ2v) is 11.0. The second-order valence-electron chi connectivity index (χ2n) is 9.75. The Morgan fingerprint density at radius 2 is 0.393 bits per heavy atom. The summed E-state index contributed by atoms with van der Waals surface area (Å²) in [4.78, 5) is 121. The van der Waals surface area contributed by atoms with Crippen LogP contribution in [0.2, 0.25) is 0 Å². The maximum atomic E-state index is 10.8. The monoisotopic (exact) mass is 1140 g/mol. The average molecular weight is 1140 g/mol. The molecular formula is C24H28BiN4Na7O25. The molecule has 0 radical (unpaired) electrons. The standard InChI is InChI=1S/4C6H9NO6.Bi.7Na.O/c4*8-4(9)1-7(2-5(10)11)3-6(12)13;;;;;;;;;/h4*1-3H2,(H,8,9)(H,10,11)(H,12,13);;;;;;;;;/q;;;;8*+1;/p-8. The molecular weight excluding hydrogens is 1110 g/mol. The molecule has 306 valence electrons. The zero-order valence-electron chi connectivity index (χ0n) is 34.1. The van der Waals surface area contributed by atoms with Crippen LogP contribution in [-0.4, -0.2) is 174 Å². The minimum absolute atomic E-state index is 0. The molecule has 0 unspecified atom stereocenters. The molecule has 0 atom stereocenters. The van der Waals surface area contributed by atoms with E-state index in [0.29, 0.717) is 0 Å². The van der Waals surface area contributed by atoms with E-state index in [1.54, 1.807) is 0 Å². The molecule has 29 nitrogen and oxygen atoms in total. The SMILES string of the molecule is O=C([O-])C[NH+](CC(=O)[O-])CC(=O)[O-].O=C([O-])C[NH+](CC(=O)[O-])CC(=O)[O-].O=C([O-])C[NH+](CC(=O)[O-])CC(=O)[O-].[Na+].[Na+].[Na+].[Na+].[Na+].[Na+].[Na+].[O]=[Bi][O]C(=O)C[NH+](CC(=O)[O-])CC(=O)[O-]. The molecule has 0 aliphatic rings. The third-order valence-corrected chi connectivity index (χ3v) is 5.95. The van der Waals surface area contributed by atoms with Gasteiger partial charge in [0.25, 0.3) is 0 Å². The number of carboxylic acids is 11. The maximum absolute atomic E-state index is 10.8. The Bertz CT molecular complexity index is 1140. The van der Waals surface area contributed by atoms with E-state index >= 15 is 0 Å². The van der Waals surface area contributed by atoms with Gasteiger partial charge in [-0.25, -0.2) is 0 Å². The molecule has 0 rings (SSSR count). The van der Waals surface area contributed by atoms with Gasteiger partial charge in [0.1, 0.15) is 58.9 Å². The van der Waals surface area contributed by atoms with Gasteiger partial charge in [-0.15, -0.1) is 0 Å². The number of hydrogen-bond donors (Lipinski definition) is 4. The van der Waals surface area contributed by atoms with E-state index in [-0.39, 0.29) is 227 Å². The van der Waals surface area contributed by atoms with Crippen molar-refractivity contribution in [1.29, 1.82) is 0 Å². The van der Waals surface area contributed by atoms with Crippen molar-refractivity contribution < 1.29 is 346 Å². The Hall–Kier alpha value is 1.16. The van der Waals surface area contributed by atoms with E-state index in [4.69, 9.17) is 0 Å². The molecule has 0 bridgehead atoms. The van der Waals surface area contributed by atoms with Gasteiger partial charge in [-0.2, -0.15) is 0 Å². The third-order valence-electron chi connectivity index (χ3n) is 4.87. The number of nitrogens with one attached hydrogen (secondary N) is 4. The van der Waals surface area contributed by atoms with Gasteiger partial charge in [-0.05, 0) is 0 Å². The first kappa shape index (κ1) is 88.8. The molecule has 0 aromatic heterocycles. The van der Waals surface area contributed by atoms with Crippen molar-refractivity contribution in [2.45, 2.75) is 0 Å². The fraction of sp³-hybridized carbons (Fsp3) is 0.500. The zero-order chi connectivity index (χ0) is 43.1. The van der Waals surface area contributed by atoms with E-state index in [0.717, 1.165) is 0 Å². The summed E-state index contributed by atoms with van der Waals surface area (Å²) in [5.74, 6) is -17.7. The minimum atomic E-state index is -2.49. The van der Waals surface area contributed by atoms with Crippen LogP contribution in [0.25, 0.3) is 0 Å². The Labute approximate surface area is 511 Å². The normalized spacial score (nSPS) is 8.72. The summed E-state index contributed by atoms with van der Waals surface area (Å²) in [6.45, 7) is -8.17. The van der Waals surface area contributed by atoms with Gasteiger partial charge in [0.05, 0.1) is 53.7 Å². The average Bonchev–Trinajstić information content (AvgIpc) is 2.90. The van der Waals surface area contributed by atoms with Crippen LogP contribution in [0.5, 0.6) is 0 Å². The summed E-state index contributed by atoms with van der Waals surface area (Å²) in [6.07, 6.45) is 0. The van der Waals surface area contributed by atoms with Gasteiger partial charge in [0.2, 0.25) is 0 Å². The molecule has 0 heterocycles. The first-order valence-corrected chi connectivity index (χ1v) is 16.6. The predicted octanol–water partition coefficient (Wildman–Crippen LogP) is -47.7. The topological polar surface area (TPSA) is 503 Å². The number of quaternary nitrogens is 4. The second kappa shape index (κ2) is 55.5. The van der Waals surface area contributed by atoms with Gasteiger partial charge in [-0.1, -0.05) is 0 Å². The predicted molar refractivity (Wildman–Crippen MR) is 130 cm³/mol. The Kier molecular flexibility index (Phi) is 80.8. The van der Waals surface area contributed by atoms with Crippen molar-refractivity contribution in [3.63, 3.8) is 0 Å². The molecule has 0 fully saturated rings. The van der Waals surface area contributed by atoms with Gasteiger partial charge < -0.3 is 104 Å². The molecule has 37 heteroatoms. The van der Waals surface area contributed by atoms with Crippen LogP contribution in [0, 0.1) is 0 Å². The first-order chi connectivity index (χ1) is 24.7. The van der Waals surface area contributed by atoms with E-state index in [9.17, 15) is 117 Å². The number of carbonyl (C=O) groups is 12. The zero-order valence-corrected chi connectivity index (χ0v) is 51.6. The van der Waals surface area contributed by atoms with Gasteiger partial charge in [0, 0.05) is 0 Å². The summed E-state index contributed by atoms with van der Waals surface area (Å²) in [6, 6.07) is 0. The first-order valence-electron chi connectivity index (χ1n) is 13.7. The van der Waals surface area contributed by atoms with E-state index < -0.39 is 174 Å². The summed E-state index contributed by atoms with van der Waals surface area (Å²) in [5, 5.41) is 110. The molecule has 4 N–H and O–H groups in total. The van der Waals surface area contributed by atoms with Crippen LogP contribution in [0.4, 0.5) is 0 Å². The molecule has 61 heavy (non-hydrogen) atoms. The molecule has 0 saturated heterocycles. The van der Waals surface area contributed by atoms with E-state index in [2.05, 4.69) is 2.81 Å². The Morgan fingerprint density at radius 3 is 0.492 bits per heavy atom. The quantitative estimate of drug-likeness (QED) is 0.0617. The summed E-state index contributed by atoms with van der Waals surface area (Å²) < 4.78 is 14.2. The molecule has 0 amide bonds. The van der Waals surface area contributed by atoms with Crippen molar-refractivity contribution in [1.82, 2.24) is 0 Å². The number of rotatable bonds is 25. The van der Waals surface area contributed by atoms with E-state index in [1.165, 1.54) is 0 Å². The van der Waals surface area contributed by atoms with Gasteiger partial charge >= 0.3 is 303 Å². The van der Waals surface area contributed by atoms with Gasteiger partial charge in [-0.3, -0.25) is 0 Å². The third kappa shape index (κ3) is 78.7. The van der Waals surface area contributed by atoms with Crippen molar-refractivity contribution in [3.05, 3.63) is 0 Å². The molecule has 0 aromatic carbocycles. The van der Waals surface area contributed by atoms with Crippen LogP contribution < -0.4 is 283 Å². The van der Waals surface area contributed by atoms with Crippen LogP contribution in [-0.2, 0) is 63.2 Å². The molecule has 0 aliphatic carbocycles. The van der Waals surface area contributed by atoms with Gasteiger partial charge in [0.15, 0.2) is 0 Å². The van der Waals surface area contributed by atoms with Crippen LogP contribution >= 0.6 is 0 Å². The van der Waals surface area contributed by atoms with Crippen molar-refractivity contribution in [2.75, 3.05) is 78.5 Å². The fourth-order valence-electron chi connectivity index (χ4n) is 3.27. The van der Waals surface area contributed by atoms with Crippen LogP contribution in [0.15, 0.2) is 0 Å². The Balaban J connectivity index is -0.0000000586. The number of hydrogen-bond acceptors (Lipinski definition) is 25. The number of aliphatic carboxylic acids is 11. The van der Waals surface area contributed by atoms with Crippen molar-refractivity contribution in [3.8, 4) is 0 Å². The summed E-state index contributed by atoms with van der Waals surface area (Å²) in [5.41, 5.74) is 0. The molecule has 0 aromatic rings. The van der Waals surface area contributed by atoms with Crippen molar-refractivity contribution in [2.24, 2.45) is 0 Å². The number of carboxylic acid groups (broad SMARTS) is 11. The van der Waals surface area contributed by atoms with Crippen LogP contribution in [0.3, 0.4) is 0 Å².